The molecule has 0 saturated heterocycles. The van der Waals surface area contributed by atoms with Crippen LogP contribution in [0.5, 0.6) is 0 Å². The van der Waals surface area contributed by atoms with Crippen LogP contribution in [0.15, 0.2) is 196 Å². The fraction of sp³-hybridized carbons (Fsp3) is 0.0400. The van der Waals surface area contributed by atoms with Gasteiger partial charge in [0.25, 0.3) is 0 Å². The highest BCUT2D eigenvalue weighted by Gasteiger charge is 2.52. The van der Waals surface area contributed by atoms with Gasteiger partial charge in [0, 0.05) is 73.6 Å². The summed E-state index contributed by atoms with van der Waals surface area (Å²) in [6.07, 6.45) is 8.86. The second-order valence-electron chi connectivity index (χ2n) is 14.6. The lowest BCUT2D eigenvalue weighted by Gasteiger charge is -2.40. The van der Waals surface area contributed by atoms with E-state index in [4.69, 9.17) is 15.0 Å². The maximum atomic E-state index is 5.29. The van der Waals surface area contributed by atoms with E-state index in [1.807, 2.05) is 48.2 Å². The van der Waals surface area contributed by atoms with Crippen molar-refractivity contribution in [3.05, 3.63) is 210 Å². The second kappa shape index (κ2) is 12.3. The molecule has 3 aliphatic rings. The molecule has 2 aliphatic heterocycles. The number of para-hydroxylation sites is 2. The summed E-state index contributed by atoms with van der Waals surface area (Å²) in [6, 6.07) is 55.0. The minimum atomic E-state index is -0.590. The van der Waals surface area contributed by atoms with Crippen molar-refractivity contribution in [2.75, 3.05) is 0 Å². The molecule has 4 nitrogen and oxygen atoms in total. The van der Waals surface area contributed by atoms with Crippen LogP contribution in [0, 0.1) is 0 Å². The monoisotopic (exact) mass is 751 g/mol. The summed E-state index contributed by atoms with van der Waals surface area (Å²) in [6.45, 7) is 0. The number of hydrogen-bond acceptors (Lipinski definition) is 5. The van der Waals surface area contributed by atoms with Crippen molar-refractivity contribution >= 4 is 34.4 Å². The summed E-state index contributed by atoms with van der Waals surface area (Å²) in [4.78, 5) is 20.3. The third-order valence-electron chi connectivity index (χ3n) is 11.6. The number of pyridine rings is 4. The van der Waals surface area contributed by atoms with E-state index in [-0.39, 0.29) is 0 Å². The lowest BCUT2D eigenvalue weighted by molar-refractivity contribution is -0.606. The second-order valence-corrected chi connectivity index (χ2v) is 16.7. The Morgan fingerprint density at radius 3 is 2.25 bits per heavy atom. The lowest BCUT2D eigenvalue weighted by atomic mass is 9.67. The van der Waals surface area contributed by atoms with Crippen LogP contribution in [0.3, 0.4) is 0 Å². The first-order chi connectivity index (χ1) is 27.8. The highest BCUT2D eigenvalue weighted by molar-refractivity contribution is 8.02. The van der Waals surface area contributed by atoms with Gasteiger partial charge < -0.3 is 0 Å². The number of fused-ring (bicyclic) bond motifs is 13. The molecule has 262 valence electrons. The maximum Gasteiger partial charge on any atom is 0.210 e. The van der Waals surface area contributed by atoms with E-state index in [1.165, 1.54) is 58.8 Å². The molecule has 1 atom stereocenters. The summed E-state index contributed by atoms with van der Waals surface area (Å²) in [5.41, 5.74) is 15.6. The molecule has 0 bridgehead atoms. The Kier molecular flexibility index (Phi) is 7.04. The Balaban J connectivity index is 1.06. The molecule has 9 aromatic rings. The zero-order valence-corrected chi connectivity index (χ0v) is 31.7. The quantitative estimate of drug-likeness (QED) is 0.168. The Morgan fingerprint density at radius 1 is 0.518 bits per heavy atom. The van der Waals surface area contributed by atoms with E-state index in [0.29, 0.717) is 0 Å². The molecule has 1 aliphatic carbocycles. The van der Waals surface area contributed by atoms with Gasteiger partial charge in [-0.05, 0) is 69.8 Å². The summed E-state index contributed by atoms with van der Waals surface area (Å²) < 4.78 is 2.35. The Morgan fingerprint density at radius 2 is 1.29 bits per heavy atom. The first kappa shape index (κ1) is 32.0. The van der Waals surface area contributed by atoms with Crippen molar-refractivity contribution < 1.29 is 4.57 Å². The van der Waals surface area contributed by atoms with Crippen molar-refractivity contribution in [2.45, 2.75) is 31.4 Å². The molecule has 1 unspecified atom stereocenters. The molecule has 12 rings (SSSR count). The number of rotatable bonds is 3. The number of aromatic nitrogens is 4. The normalized spacial score (nSPS) is 15.7. The van der Waals surface area contributed by atoms with E-state index in [2.05, 4.69) is 156 Å². The van der Waals surface area contributed by atoms with Gasteiger partial charge in [0.2, 0.25) is 11.4 Å². The summed E-state index contributed by atoms with van der Waals surface area (Å²) in [5, 5.41) is 1.13. The van der Waals surface area contributed by atoms with Gasteiger partial charge in [-0.25, -0.2) is 0 Å². The minimum absolute atomic E-state index is 0.590. The lowest BCUT2D eigenvalue weighted by Crippen LogP contribution is -2.37. The van der Waals surface area contributed by atoms with Crippen molar-refractivity contribution in [3.63, 3.8) is 0 Å². The fourth-order valence-corrected chi connectivity index (χ4v) is 11.8. The van der Waals surface area contributed by atoms with Crippen LogP contribution < -0.4 is 4.57 Å². The summed E-state index contributed by atoms with van der Waals surface area (Å²) >= 11 is 3.82. The van der Waals surface area contributed by atoms with Crippen molar-refractivity contribution in [1.82, 2.24) is 15.0 Å². The topological polar surface area (TPSA) is 42.5 Å². The average molecular weight is 752 g/mol. The molecular weight excluding hydrogens is 721 g/mol. The summed E-state index contributed by atoms with van der Waals surface area (Å²) in [7, 11) is 0. The zero-order chi connectivity index (χ0) is 36.8. The van der Waals surface area contributed by atoms with Gasteiger partial charge in [-0.3, -0.25) is 15.0 Å². The average Bonchev–Trinajstić information content (AvgIpc) is 3.55. The van der Waals surface area contributed by atoms with Gasteiger partial charge in [0.1, 0.15) is 0 Å². The predicted molar refractivity (Wildman–Crippen MR) is 225 cm³/mol. The van der Waals surface area contributed by atoms with Crippen LogP contribution in [-0.2, 0) is 11.8 Å². The van der Waals surface area contributed by atoms with Crippen LogP contribution in [0.2, 0.25) is 0 Å². The Bertz CT molecular complexity index is 3080. The number of benzene rings is 5. The molecule has 56 heavy (non-hydrogen) atoms. The van der Waals surface area contributed by atoms with Crippen molar-refractivity contribution in [2.24, 2.45) is 0 Å². The van der Waals surface area contributed by atoms with E-state index in [0.717, 1.165) is 51.0 Å². The van der Waals surface area contributed by atoms with Crippen molar-refractivity contribution in [1.29, 1.82) is 0 Å². The molecule has 6 heterocycles. The molecule has 0 radical (unpaired) electrons. The number of hydrogen-bond donors (Lipinski definition) is 0. The Labute approximate surface area is 333 Å². The van der Waals surface area contributed by atoms with Gasteiger partial charge in [-0.15, -0.1) is 0 Å². The minimum Gasteiger partial charge on any atom is -0.256 e. The molecule has 1 spiro atoms. The van der Waals surface area contributed by atoms with E-state index in [1.54, 1.807) is 0 Å². The smallest absolute Gasteiger partial charge is 0.210 e. The van der Waals surface area contributed by atoms with Gasteiger partial charge >= 0.3 is 0 Å². The van der Waals surface area contributed by atoms with Crippen molar-refractivity contribution in [3.8, 4) is 39.3 Å². The highest BCUT2D eigenvalue weighted by atomic mass is 32.2. The first-order valence-electron chi connectivity index (χ1n) is 18.9. The molecule has 0 amide bonds. The number of nitrogens with zero attached hydrogens (tertiary/aromatic N) is 4. The van der Waals surface area contributed by atoms with Gasteiger partial charge in [-0.1, -0.05) is 121 Å². The van der Waals surface area contributed by atoms with Crippen LogP contribution >= 0.6 is 23.5 Å². The molecular formula is C50H31N4S2+. The largest absolute Gasteiger partial charge is 0.256 e. The standard InChI is InChI=1S/C50H31N4S2/c1-2-15-36(16-3-1)54-26-10-21-44-42(54)29-34-22-23-40-49(48(34)56-44)55-43-20-5-4-18-38(43)50(40)39-19-9-25-52-46(39)47-41(50)28-35(30-53-47)32-12-6-13-33(27-32)37-17-7-11-31-14-8-24-51-45(31)37/h1-28,30H,29H2/q+1. The maximum absolute atomic E-state index is 5.29. The molecule has 0 saturated carbocycles. The van der Waals surface area contributed by atoms with E-state index in [9.17, 15) is 0 Å². The molecule has 5 aromatic carbocycles. The SMILES string of the molecule is c1ccc(-[n+]2cccc3c2Cc2ccc4c(c2S3)Sc2ccccc2C42c3cccnc3-c3ncc(-c4cccc(-c5cccc6cccnc56)c4)cc32)cc1. The molecule has 0 fully saturated rings. The van der Waals surface area contributed by atoms with Gasteiger partial charge in [-0.2, -0.15) is 4.57 Å². The zero-order valence-electron chi connectivity index (χ0n) is 30.1. The van der Waals surface area contributed by atoms with Crippen LogP contribution in [0.1, 0.15) is 33.5 Å². The van der Waals surface area contributed by atoms with Crippen LogP contribution in [0.25, 0.3) is 50.2 Å². The highest BCUT2D eigenvalue weighted by Crippen LogP contribution is 2.63. The van der Waals surface area contributed by atoms with Crippen LogP contribution in [-0.4, -0.2) is 15.0 Å². The molecule has 4 aromatic heterocycles. The van der Waals surface area contributed by atoms with Gasteiger partial charge in [0.05, 0.1) is 33.6 Å². The Hall–Kier alpha value is -6.34. The van der Waals surface area contributed by atoms with E-state index < -0.39 is 5.41 Å². The molecule has 0 N–H and O–H groups in total. The van der Waals surface area contributed by atoms with Crippen LogP contribution in [0.4, 0.5) is 0 Å². The third-order valence-corrected chi connectivity index (χ3v) is 14.2. The first-order valence-corrected chi connectivity index (χ1v) is 20.5. The third kappa shape index (κ3) is 4.57. The predicted octanol–water partition coefficient (Wildman–Crippen LogP) is 11.5. The fourth-order valence-electron chi connectivity index (χ4n) is 9.20. The van der Waals surface area contributed by atoms with Gasteiger partial charge in [0.15, 0.2) is 6.20 Å². The van der Waals surface area contributed by atoms with E-state index >= 15 is 0 Å². The molecule has 6 heteroatoms. The summed E-state index contributed by atoms with van der Waals surface area (Å²) in [5.74, 6) is 0.